The summed E-state index contributed by atoms with van der Waals surface area (Å²) < 4.78 is 10.3. The molecule has 1 rings (SSSR count). The van der Waals surface area contributed by atoms with Crippen LogP contribution in [-0.2, 0) is 4.79 Å². The van der Waals surface area contributed by atoms with Crippen LogP contribution in [0.3, 0.4) is 0 Å². The minimum Gasteiger partial charge on any atom is -0.490 e. The molecule has 5 heteroatoms. The van der Waals surface area contributed by atoms with E-state index >= 15 is 0 Å². The largest absolute Gasteiger partial charge is 0.490 e. The molecule has 0 spiro atoms. The number of ether oxygens (including phenoxy) is 2. The van der Waals surface area contributed by atoms with Crippen LogP contribution in [0.4, 0.5) is 0 Å². The van der Waals surface area contributed by atoms with Crippen molar-refractivity contribution in [3.63, 3.8) is 0 Å². The van der Waals surface area contributed by atoms with Gasteiger partial charge in [0, 0.05) is 5.75 Å². The average Bonchev–Trinajstić information content (AvgIpc) is 2.36. The molecule has 0 radical (unpaired) electrons. The molecule has 0 aliphatic heterocycles. The number of carbonyl (C=O) groups is 1. The van der Waals surface area contributed by atoms with E-state index in [0.717, 1.165) is 0 Å². The Bertz CT molecular complexity index is 418. The van der Waals surface area contributed by atoms with Crippen LogP contribution in [0.1, 0.15) is 20.8 Å². The Hall–Kier alpha value is -1.36. The lowest BCUT2D eigenvalue weighted by molar-refractivity contribution is -0.138. The van der Waals surface area contributed by atoms with E-state index in [4.69, 9.17) is 14.6 Å². The maximum atomic E-state index is 10.9. The van der Waals surface area contributed by atoms with Gasteiger partial charge in [0.2, 0.25) is 0 Å². The van der Waals surface area contributed by atoms with E-state index in [1.807, 2.05) is 31.2 Å². The van der Waals surface area contributed by atoms with Crippen molar-refractivity contribution in [1.29, 1.82) is 0 Å². The van der Waals surface area contributed by atoms with Crippen LogP contribution < -0.4 is 9.47 Å². The average molecular weight is 284 g/mol. The number of thioether (sulfide) groups is 1. The summed E-state index contributed by atoms with van der Waals surface area (Å²) in [5, 5.41) is 8.99. The minimum absolute atomic E-state index is 0.450. The Morgan fingerprint density at radius 3 is 2.37 bits per heavy atom. The molecular formula is C14H20O4S. The van der Waals surface area contributed by atoms with Gasteiger partial charge in [0.25, 0.3) is 0 Å². The molecule has 0 fully saturated rings. The van der Waals surface area contributed by atoms with Gasteiger partial charge in [-0.25, -0.2) is 0 Å². The number of carboxylic acids is 1. The molecule has 106 valence electrons. The number of benzene rings is 1. The topological polar surface area (TPSA) is 55.8 Å². The zero-order valence-corrected chi connectivity index (χ0v) is 12.3. The maximum absolute atomic E-state index is 10.9. The summed E-state index contributed by atoms with van der Waals surface area (Å²) >= 11 is 1.36. The molecular weight excluding hydrogens is 264 g/mol. The van der Waals surface area contributed by atoms with E-state index in [1.165, 1.54) is 11.8 Å². The number of carboxylic acid groups (broad SMARTS) is 1. The van der Waals surface area contributed by atoms with Crippen LogP contribution in [0.2, 0.25) is 0 Å². The maximum Gasteiger partial charge on any atom is 0.319 e. The van der Waals surface area contributed by atoms with Crippen LogP contribution in [0.5, 0.6) is 11.5 Å². The number of hydrogen-bond acceptors (Lipinski definition) is 4. The zero-order chi connectivity index (χ0) is 14.3. The van der Waals surface area contributed by atoms with Crippen molar-refractivity contribution >= 4 is 17.7 Å². The zero-order valence-electron chi connectivity index (χ0n) is 11.5. The first-order chi connectivity index (χ1) is 8.97. The second-order valence-corrected chi connectivity index (χ2v) is 6.11. The van der Waals surface area contributed by atoms with Crippen LogP contribution in [0, 0.1) is 0 Å². The van der Waals surface area contributed by atoms with Gasteiger partial charge in [-0.3, -0.25) is 4.79 Å². The van der Waals surface area contributed by atoms with E-state index in [1.54, 1.807) is 13.8 Å². The third-order valence-corrected chi connectivity index (χ3v) is 3.73. The molecule has 1 N–H and O–H groups in total. The van der Waals surface area contributed by atoms with Gasteiger partial charge >= 0.3 is 5.97 Å². The Morgan fingerprint density at radius 1 is 1.26 bits per heavy atom. The summed E-state index contributed by atoms with van der Waals surface area (Å²) in [6.07, 6.45) is 0. The van der Waals surface area contributed by atoms with E-state index in [2.05, 4.69) is 0 Å². The van der Waals surface area contributed by atoms with Gasteiger partial charge in [-0.05, 0) is 32.9 Å². The van der Waals surface area contributed by atoms with Gasteiger partial charge in [-0.2, -0.15) is 0 Å². The third-order valence-electron chi connectivity index (χ3n) is 2.47. The Balaban J connectivity index is 2.43. The lowest BCUT2D eigenvalue weighted by Gasteiger charge is -2.18. The highest BCUT2D eigenvalue weighted by atomic mass is 32.2. The number of aliphatic carboxylic acids is 1. The molecule has 0 unspecified atom stereocenters. The standard InChI is InChI=1S/C14H20O4S/c1-4-17-11-7-5-6-8-12(11)18-9-10-19-14(2,3)13(15)16/h5-8H,4,9-10H2,1-3H3,(H,15,16). The van der Waals surface area contributed by atoms with Gasteiger partial charge in [-0.1, -0.05) is 12.1 Å². The van der Waals surface area contributed by atoms with Crippen molar-refractivity contribution in [2.75, 3.05) is 19.0 Å². The summed E-state index contributed by atoms with van der Waals surface area (Å²) in [5.41, 5.74) is 0. The molecule has 0 aliphatic carbocycles. The molecule has 0 heterocycles. The van der Waals surface area contributed by atoms with Crippen molar-refractivity contribution in [3.8, 4) is 11.5 Å². The lowest BCUT2D eigenvalue weighted by Crippen LogP contribution is -2.28. The van der Waals surface area contributed by atoms with E-state index in [-0.39, 0.29) is 0 Å². The Morgan fingerprint density at radius 2 is 1.84 bits per heavy atom. The van der Waals surface area contributed by atoms with Gasteiger partial charge in [-0.15, -0.1) is 11.8 Å². The van der Waals surface area contributed by atoms with Crippen LogP contribution in [0.15, 0.2) is 24.3 Å². The molecule has 1 aromatic carbocycles. The molecule has 0 bridgehead atoms. The second kappa shape index (κ2) is 7.28. The summed E-state index contributed by atoms with van der Waals surface area (Å²) in [5.74, 6) is 1.21. The molecule has 1 aromatic rings. The number of para-hydroxylation sites is 2. The predicted molar refractivity (Wildman–Crippen MR) is 77.3 cm³/mol. The molecule has 0 aliphatic rings. The van der Waals surface area contributed by atoms with Gasteiger partial charge < -0.3 is 14.6 Å². The second-order valence-electron chi connectivity index (χ2n) is 4.39. The molecule has 0 amide bonds. The molecule has 0 saturated heterocycles. The molecule has 0 aromatic heterocycles. The first-order valence-corrected chi connectivity index (χ1v) is 7.18. The molecule has 19 heavy (non-hydrogen) atoms. The Kier molecular flexibility index (Phi) is 6.02. The SMILES string of the molecule is CCOc1ccccc1OCCSC(C)(C)C(=O)O. The molecule has 0 atom stereocenters. The minimum atomic E-state index is -0.813. The number of rotatable bonds is 8. The van der Waals surface area contributed by atoms with E-state index in [0.29, 0.717) is 30.5 Å². The normalized spacial score (nSPS) is 11.1. The van der Waals surface area contributed by atoms with Gasteiger partial charge in [0.05, 0.1) is 13.2 Å². The van der Waals surface area contributed by atoms with E-state index in [9.17, 15) is 4.79 Å². The quantitative estimate of drug-likeness (QED) is 0.744. The summed E-state index contributed by atoms with van der Waals surface area (Å²) in [4.78, 5) is 10.9. The van der Waals surface area contributed by atoms with Crippen molar-refractivity contribution < 1.29 is 19.4 Å². The monoisotopic (exact) mass is 284 g/mol. The highest BCUT2D eigenvalue weighted by Crippen LogP contribution is 2.28. The third kappa shape index (κ3) is 5.03. The van der Waals surface area contributed by atoms with E-state index < -0.39 is 10.7 Å². The fourth-order valence-corrected chi connectivity index (χ4v) is 2.15. The van der Waals surface area contributed by atoms with Crippen LogP contribution in [-0.4, -0.2) is 34.8 Å². The van der Waals surface area contributed by atoms with Crippen molar-refractivity contribution in [2.24, 2.45) is 0 Å². The number of hydrogen-bond donors (Lipinski definition) is 1. The molecule has 4 nitrogen and oxygen atoms in total. The first-order valence-electron chi connectivity index (χ1n) is 6.19. The van der Waals surface area contributed by atoms with Gasteiger partial charge in [0.1, 0.15) is 4.75 Å². The highest BCUT2D eigenvalue weighted by molar-refractivity contribution is 8.01. The smallest absolute Gasteiger partial charge is 0.319 e. The predicted octanol–water partition coefficient (Wildman–Crippen LogP) is 3.06. The first kappa shape index (κ1) is 15.7. The Labute approximate surface area is 118 Å². The summed E-state index contributed by atoms with van der Waals surface area (Å²) in [7, 11) is 0. The fourth-order valence-electron chi connectivity index (χ4n) is 1.35. The highest BCUT2D eigenvalue weighted by Gasteiger charge is 2.27. The fraction of sp³-hybridized carbons (Fsp3) is 0.500. The van der Waals surface area contributed by atoms with Crippen LogP contribution in [0.25, 0.3) is 0 Å². The van der Waals surface area contributed by atoms with Crippen molar-refractivity contribution in [3.05, 3.63) is 24.3 Å². The molecule has 0 saturated carbocycles. The van der Waals surface area contributed by atoms with Crippen molar-refractivity contribution in [2.45, 2.75) is 25.5 Å². The van der Waals surface area contributed by atoms with Gasteiger partial charge in [0.15, 0.2) is 11.5 Å². The van der Waals surface area contributed by atoms with Crippen LogP contribution >= 0.6 is 11.8 Å². The summed E-state index contributed by atoms with van der Waals surface area (Å²) in [6.45, 7) is 6.33. The van der Waals surface area contributed by atoms with Crippen molar-refractivity contribution in [1.82, 2.24) is 0 Å². The lowest BCUT2D eigenvalue weighted by atomic mass is 10.2. The summed E-state index contributed by atoms with van der Waals surface area (Å²) in [6, 6.07) is 7.47.